The molecule has 0 atom stereocenters. The van der Waals surface area contributed by atoms with Gasteiger partial charge in [-0.3, -0.25) is 4.79 Å². The number of aryl methyl sites for hydroxylation is 2. The molecule has 0 spiro atoms. The molecule has 0 radical (unpaired) electrons. The van der Waals surface area contributed by atoms with Crippen LogP contribution in [-0.4, -0.2) is 5.78 Å². The predicted molar refractivity (Wildman–Crippen MR) is 59.4 cm³/mol. The second-order valence-electron chi connectivity index (χ2n) is 3.31. The topological polar surface area (TPSA) is 17.1 Å². The van der Waals surface area contributed by atoms with E-state index in [-0.39, 0.29) is 0 Å². The Kier molecular flexibility index (Phi) is 4.37. The van der Waals surface area contributed by atoms with Crippen molar-refractivity contribution < 1.29 is 4.79 Å². The van der Waals surface area contributed by atoms with E-state index in [0.29, 0.717) is 5.78 Å². The third-order valence-electron chi connectivity index (χ3n) is 2.46. The Labute approximate surface area is 86.1 Å². The summed E-state index contributed by atoms with van der Waals surface area (Å²) in [5.41, 5.74) is 2.73. The third kappa shape index (κ3) is 2.69. The lowest BCUT2D eigenvalue weighted by Crippen LogP contribution is -1.95. The molecule has 1 aliphatic rings. The molecule has 0 saturated heterocycles. The van der Waals surface area contributed by atoms with Crippen LogP contribution in [0.15, 0.2) is 24.3 Å². The maximum atomic E-state index is 11.2. The first-order valence-corrected chi connectivity index (χ1v) is 5.45. The molecule has 0 bridgehead atoms. The van der Waals surface area contributed by atoms with Gasteiger partial charge in [0, 0.05) is 12.8 Å². The average Bonchev–Trinajstić information content (AvgIpc) is 2.45. The largest absolute Gasteiger partial charge is 0.300 e. The highest BCUT2D eigenvalue weighted by atomic mass is 16.1. The van der Waals surface area contributed by atoms with Crippen LogP contribution < -0.4 is 0 Å². The van der Waals surface area contributed by atoms with Crippen molar-refractivity contribution in [1.29, 1.82) is 0 Å². The lowest BCUT2D eigenvalue weighted by atomic mass is 10.0. The number of fused-ring (bicyclic) bond motifs is 1. The normalized spacial score (nSPS) is 14.9. The molecular weight excluding hydrogens is 172 g/mol. The molecule has 1 aliphatic carbocycles. The van der Waals surface area contributed by atoms with Crippen LogP contribution in [0.2, 0.25) is 0 Å². The van der Waals surface area contributed by atoms with E-state index >= 15 is 0 Å². The molecule has 76 valence electrons. The van der Waals surface area contributed by atoms with Crippen LogP contribution in [0.5, 0.6) is 0 Å². The fourth-order valence-corrected chi connectivity index (χ4v) is 1.72. The van der Waals surface area contributed by atoms with Gasteiger partial charge in [-0.25, -0.2) is 0 Å². The summed E-state index contributed by atoms with van der Waals surface area (Å²) in [7, 11) is 0. The lowest BCUT2D eigenvalue weighted by Gasteiger charge is -2.01. The van der Waals surface area contributed by atoms with Crippen LogP contribution in [0.1, 0.15) is 37.8 Å². The minimum Gasteiger partial charge on any atom is -0.300 e. The number of rotatable bonds is 0. The predicted octanol–water partition coefficient (Wildman–Crippen LogP) is 3.16. The van der Waals surface area contributed by atoms with Crippen molar-refractivity contribution in [2.45, 2.75) is 39.5 Å². The van der Waals surface area contributed by atoms with Gasteiger partial charge in [0.05, 0.1) is 0 Å². The molecule has 1 aromatic carbocycles. The first-order valence-electron chi connectivity index (χ1n) is 5.45. The maximum absolute atomic E-state index is 11.2. The summed E-state index contributed by atoms with van der Waals surface area (Å²) in [4.78, 5) is 11.2. The zero-order valence-electron chi connectivity index (χ0n) is 9.05. The number of benzene rings is 1. The number of Topliss-reactive ketones (excluding diaryl/α,β-unsaturated/α-hetero) is 1. The SMILES string of the molecule is CC.O=C1CCc2ccccc2CC1. The minimum atomic E-state index is 0.409. The highest BCUT2D eigenvalue weighted by Crippen LogP contribution is 2.17. The Morgan fingerprint density at radius 1 is 0.857 bits per heavy atom. The Hall–Kier alpha value is -1.11. The zero-order valence-corrected chi connectivity index (χ0v) is 9.05. The molecule has 1 heteroatoms. The van der Waals surface area contributed by atoms with Crippen LogP contribution >= 0.6 is 0 Å². The maximum Gasteiger partial charge on any atom is 0.133 e. The Morgan fingerprint density at radius 2 is 1.29 bits per heavy atom. The molecule has 0 unspecified atom stereocenters. The fraction of sp³-hybridized carbons (Fsp3) is 0.462. The van der Waals surface area contributed by atoms with Crippen LogP contribution in [-0.2, 0) is 17.6 Å². The number of carbonyl (C=O) groups is 1. The summed E-state index contributed by atoms with van der Waals surface area (Å²) >= 11 is 0. The molecule has 1 aromatic rings. The standard InChI is InChI=1S/C11H12O.C2H6/c12-11-7-5-9-3-1-2-4-10(9)6-8-11;1-2/h1-4H,5-8H2;1-2H3. The van der Waals surface area contributed by atoms with Crippen LogP contribution in [0.4, 0.5) is 0 Å². The van der Waals surface area contributed by atoms with Gasteiger partial charge in [0.2, 0.25) is 0 Å². The molecule has 0 N–H and O–H groups in total. The van der Waals surface area contributed by atoms with Crippen molar-refractivity contribution in [2.24, 2.45) is 0 Å². The van der Waals surface area contributed by atoms with E-state index in [9.17, 15) is 4.79 Å². The van der Waals surface area contributed by atoms with E-state index in [1.54, 1.807) is 0 Å². The second-order valence-corrected chi connectivity index (χ2v) is 3.31. The van der Waals surface area contributed by atoms with Gasteiger partial charge in [-0.15, -0.1) is 0 Å². The molecule has 0 heterocycles. The first kappa shape index (κ1) is 11.0. The molecule has 0 saturated carbocycles. The zero-order chi connectivity index (χ0) is 10.4. The summed E-state index contributed by atoms with van der Waals surface area (Å²) in [5.74, 6) is 0.409. The van der Waals surface area contributed by atoms with Crippen molar-refractivity contribution in [3.63, 3.8) is 0 Å². The van der Waals surface area contributed by atoms with E-state index < -0.39 is 0 Å². The van der Waals surface area contributed by atoms with Gasteiger partial charge in [0.15, 0.2) is 0 Å². The smallest absolute Gasteiger partial charge is 0.133 e. The van der Waals surface area contributed by atoms with Gasteiger partial charge >= 0.3 is 0 Å². The molecule has 1 nitrogen and oxygen atoms in total. The second kappa shape index (κ2) is 5.58. The van der Waals surface area contributed by atoms with Crippen LogP contribution in [0.3, 0.4) is 0 Å². The van der Waals surface area contributed by atoms with E-state index in [4.69, 9.17) is 0 Å². The monoisotopic (exact) mass is 190 g/mol. The van der Waals surface area contributed by atoms with Crippen molar-refractivity contribution in [1.82, 2.24) is 0 Å². The van der Waals surface area contributed by atoms with Crippen molar-refractivity contribution >= 4 is 5.78 Å². The van der Waals surface area contributed by atoms with Crippen LogP contribution in [0.25, 0.3) is 0 Å². The summed E-state index contributed by atoms with van der Waals surface area (Å²) in [6.45, 7) is 4.00. The molecule has 2 rings (SSSR count). The Morgan fingerprint density at radius 3 is 1.71 bits per heavy atom. The van der Waals surface area contributed by atoms with Gasteiger partial charge in [0.25, 0.3) is 0 Å². The van der Waals surface area contributed by atoms with Crippen LogP contribution in [0, 0.1) is 0 Å². The molecule has 14 heavy (non-hydrogen) atoms. The molecular formula is C13H18O. The third-order valence-corrected chi connectivity index (χ3v) is 2.46. The van der Waals surface area contributed by atoms with Gasteiger partial charge < -0.3 is 0 Å². The Balaban J connectivity index is 0.000000461. The highest BCUT2D eigenvalue weighted by molar-refractivity contribution is 5.79. The number of hydrogen-bond donors (Lipinski definition) is 0. The van der Waals surface area contributed by atoms with Crippen molar-refractivity contribution in [3.05, 3.63) is 35.4 Å². The van der Waals surface area contributed by atoms with E-state index in [1.807, 2.05) is 13.8 Å². The fourth-order valence-electron chi connectivity index (χ4n) is 1.72. The van der Waals surface area contributed by atoms with Crippen molar-refractivity contribution in [2.75, 3.05) is 0 Å². The number of hydrogen-bond acceptors (Lipinski definition) is 1. The van der Waals surface area contributed by atoms with Gasteiger partial charge in [-0.05, 0) is 24.0 Å². The Bertz CT molecular complexity index is 273. The van der Waals surface area contributed by atoms with Gasteiger partial charge in [-0.2, -0.15) is 0 Å². The summed E-state index contributed by atoms with van der Waals surface area (Å²) in [6.07, 6.45) is 3.35. The van der Waals surface area contributed by atoms with Gasteiger partial charge in [-0.1, -0.05) is 38.1 Å². The van der Waals surface area contributed by atoms with Crippen molar-refractivity contribution in [3.8, 4) is 0 Å². The summed E-state index contributed by atoms with van der Waals surface area (Å²) in [5, 5.41) is 0. The minimum absolute atomic E-state index is 0.409. The first-order chi connectivity index (χ1) is 6.86. The summed E-state index contributed by atoms with van der Waals surface area (Å²) in [6, 6.07) is 8.37. The highest BCUT2D eigenvalue weighted by Gasteiger charge is 2.11. The molecule has 0 aromatic heterocycles. The molecule has 0 aliphatic heterocycles. The van der Waals surface area contributed by atoms with E-state index in [2.05, 4.69) is 24.3 Å². The lowest BCUT2D eigenvalue weighted by molar-refractivity contribution is -0.118. The number of carbonyl (C=O) groups excluding carboxylic acids is 1. The quantitative estimate of drug-likeness (QED) is 0.574. The number of ketones is 1. The molecule has 0 fully saturated rings. The average molecular weight is 190 g/mol. The van der Waals surface area contributed by atoms with E-state index in [1.165, 1.54) is 11.1 Å². The molecule has 0 amide bonds. The van der Waals surface area contributed by atoms with E-state index in [0.717, 1.165) is 25.7 Å². The van der Waals surface area contributed by atoms with Gasteiger partial charge in [0.1, 0.15) is 5.78 Å². The summed E-state index contributed by atoms with van der Waals surface area (Å²) < 4.78 is 0.